The summed E-state index contributed by atoms with van der Waals surface area (Å²) in [6.45, 7) is 5.62. The maximum absolute atomic E-state index is 15.5. The molecule has 0 bridgehead atoms. The number of benzene rings is 1. The summed E-state index contributed by atoms with van der Waals surface area (Å²) in [5.74, 6) is 0.00172. The highest BCUT2D eigenvalue weighted by atomic mass is 32.4. The number of nitrogens with one attached hydrogen (secondary N) is 2. The quantitative estimate of drug-likeness (QED) is 0.254. The highest BCUT2D eigenvalue weighted by molar-refractivity contribution is 8.11. The van der Waals surface area contributed by atoms with Crippen LogP contribution in [-0.4, -0.2) is 69.7 Å². The van der Waals surface area contributed by atoms with Crippen LogP contribution in [0.15, 0.2) is 52.2 Å². The second-order valence-electron chi connectivity index (χ2n) is 9.41. The lowest BCUT2D eigenvalue weighted by atomic mass is 9.95. The number of hydrogen-bond donors (Lipinski definition) is 3. The summed E-state index contributed by atoms with van der Waals surface area (Å²) in [7, 11) is 0. The molecule has 1 saturated heterocycles. The molecule has 2 heterocycles. The zero-order valence-electron chi connectivity index (χ0n) is 21.5. The van der Waals surface area contributed by atoms with Crippen molar-refractivity contribution in [1.29, 1.82) is 0 Å². The smallest absolute Gasteiger partial charge is 0.328 e. The van der Waals surface area contributed by atoms with E-state index < -0.39 is 53.7 Å². The van der Waals surface area contributed by atoms with Crippen molar-refractivity contribution < 1.29 is 33.0 Å². The Morgan fingerprint density at radius 1 is 1.29 bits per heavy atom. The fraction of sp³-hybridized carbons (Fsp3) is 0.542. The van der Waals surface area contributed by atoms with Crippen molar-refractivity contribution in [2.75, 3.05) is 13.0 Å². The molecule has 1 fully saturated rings. The van der Waals surface area contributed by atoms with Crippen LogP contribution in [0.3, 0.4) is 0 Å². The molecule has 38 heavy (non-hydrogen) atoms. The number of esters is 1. The number of nitrogens with zero attached hydrogens (tertiary/aromatic N) is 1. The van der Waals surface area contributed by atoms with Crippen molar-refractivity contribution in [1.82, 2.24) is 14.6 Å². The number of carbonyl (C=O) groups is 1. The molecular formula is C24H33FN3O8PS. The summed E-state index contributed by atoms with van der Waals surface area (Å²) in [6.07, 6.45) is -6.29. The largest absolute Gasteiger partial charge is 0.485 e. The minimum atomic E-state index is -3.11. The van der Waals surface area contributed by atoms with E-state index in [0.717, 1.165) is 17.6 Å². The number of H-pyrrole nitrogens is 1. The number of aromatic nitrogens is 2. The van der Waals surface area contributed by atoms with Gasteiger partial charge in [-0.3, -0.25) is 24.2 Å². The molecule has 3 N–H and O–H groups in total. The Morgan fingerprint density at radius 2 is 1.97 bits per heavy atom. The molecule has 0 unspecified atom stereocenters. The van der Waals surface area contributed by atoms with E-state index in [1.54, 1.807) is 45.0 Å². The minimum absolute atomic E-state index is 0.114. The molecule has 1 aromatic carbocycles. The first-order valence-corrected chi connectivity index (χ1v) is 14.9. The fourth-order valence-corrected chi connectivity index (χ4v) is 6.20. The van der Waals surface area contributed by atoms with Crippen molar-refractivity contribution in [2.24, 2.45) is 0 Å². The standard InChI is InChI=1S/C24H33FN3O8PS/c1-15(2)35-22(31)16(3)27-37(38,14-33-17-8-6-5-7-9-17)34-13-18-21(30)24(4,25)19(36-18)12-28-11-10-20(29)26-23(28)32/h5-11,15-16,18-19,21,30H,12-14H2,1-4H3,(H,27,38)(H,26,29,32)/t16-,18-,19+,21-,24+,37+/m1/s1. The molecule has 11 nitrogen and oxygen atoms in total. The second-order valence-corrected chi connectivity index (χ2v) is 13.3. The lowest BCUT2D eigenvalue weighted by molar-refractivity contribution is -0.149. The van der Waals surface area contributed by atoms with Crippen LogP contribution in [0.1, 0.15) is 27.7 Å². The van der Waals surface area contributed by atoms with Crippen molar-refractivity contribution >= 4 is 24.2 Å². The van der Waals surface area contributed by atoms with Gasteiger partial charge >= 0.3 is 11.7 Å². The molecule has 0 amide bonds. The van der Waals surface area contributed by atoms with Crippen molar-refractivity contribution in [3.05, 3.63) is 63.4 Å². The topological polar surface area (TPSA) is 141 Å². The second kappa shape index (κ2) is 12.6. The fourth-order valence-electron chi connectivity index (χ4n) is 3.76. The number of alkyl halides is 1. The third kappa shape index (κ3) is 7.81. The molecule has 6 atom stereocenters. The van der Waals surface area contributed by atoms with Crippen LogP contribution in [-0.2, 0) is 37.1 Å². The number of para-hydroxylation sites is 1. The molecule has 1 aliphatic heterocycles. The van der Waals surface area contributed by atoms with Crippen LogP contribution < -0.4 is 21.1 Å². The van der Waals surface area contributed by atoms with Gasteiger partial charge in [-0.1, -0.05) is 18.2 Å². The van der Waals surface area contributed by atoms with Gasteiger partial charge in [-0.15, -0.1) is 0 Å². The van der Waals surface area contributed by atoms with Crippen LogP contribution in [0.2, 0.25) is 0 Å². The van der Waals surface area contributed by atoms with E-state index in [9.17, 15) is 19.5 Å². The van der Waals surface area contributed by atoms with Gasteiger partial charge in [-0.2, -0.15) is 0 Å². The molecule has 0 saturated carbocycles. The lowest BCUT2D eigenvalue weighted by Crippen LogP contribution is -2.45. The maximum atomic E-state index is 15.5. The molecule has 2 aromatic rings. The van der Waals surface area contributed by atoms with Gasteiger partial charge in [0.25, 0.3) is 5.56 Å². The summed E-state index contributed by atoms with van der Waals surface area (Å²) < 4.78 is 39.4. The monoisotopic (exact) mass is 573 g/mol. The van der Waals surface area contributed by atoms with E-state index in [2.05, 4.69) is 10.1 Å². The number of aliphatic hydroxyl groups excluding tert-OH is 1. The highest BCUT2D eigenvalue weighted by Gasteiger charge is 2.54. The van der Waals surface area contributed by atoms with Crippen LogP contribution >= 0.6 is 6.42 Å². The molecule has 1 aromatic heterocycles. The molecule has 3 rings (SSSR count). The Hall–Kier alpha value is -2.41. The molecule has 1 aliphatic rings. The lowest BCUT2D eigenvalue weighted by Gasteiger charge is -2.28. The molecule has 0 spiro atoms. The highest BCUT2D eigenvalue weighted by Crippen LogP contribution is 2.45. The summed E-state index contributed by atoms with van der Waals surface area (Å²) in [5, 5.41) is 13.7. The molecule has 0 radical (unpaired) electrons. The first kappa shape index (κ1) is 30.1. The van der Waals surface area contributed by atoms with E-state index in [1.807, 2.05) is 6.07 Å². The summed E-state index contributed by atoms with van der Waals surface area (Å²) >= 11 is 5.74. The van der Waals surface area contributed by atoms with Crippen molar-refractivity contribution in [2.45, 2.75) is 70.4 Å². The van der Waals surface area contributed by atoms with Gasteiger partial charge in [0.1, 0.15) is 30.1 Å². The number of rotatable bonds is 12. The van der Waals surface area contributed by atoms with Crippen LogP contribution in [0, 0.1) is 0 Å². The predicted molar refractivity (Wildman–Crippen MR) is 142 cm³/mol. The SMILES string of the molecule is CC(C)OC(=O)[C@@H](C)N[P@@](=S)(COc1ccccc1)OC[C@H]1O[C@@H](Cn2ccc(=O)[nH]c2=O)[C@](C)(F)[C@@H]1O. The Kier molecular flexibility index (Phi) is 10.0. The van der Waals surface area contributed by atoms with E-state index in [0.29, 0.717) is 5.75 Å². The molecule has 0 aliphatic carbocycles. The summed E-state index contributed by atoms with van der Waals surface area (Å²) in [5.41, 5.74) is -3.56. The van der Waals surface area contributed by atoms with Gasteiger partial charge in [0, 0.05) is 12.3 Å². The van der Waals surface area contributed by atoms with Crippen LogP contribution in [0.5, 0.6) is 5.75 Å². The van der Waals surface area contributed by atoms with Crippen LogP contribution in [0.4, 0.5) is 4.39 Å². The predicted octanol–water partition coefficient (Wildman–Crippen LogP) is 1.69. The van der Waals surface area contributed by atoms with Crippen molar-refractivity contribution in [3.63, 3.8) is 0 Å². The average molecular weight is 574 g/mol. The first-order valence-electron chi connectivity index (χ1n) is 12.0. The Balaban J connectivity index is 1.72. The van der Waals surface area contributed by atoms with E-state index in [-0.39, 0.29) is 25.6 Å². The van der Waals surface area contributed by atoms with Gasteiger partial charge in [0.15, 0.2) is 18.4 Å². The third-order valence-electron chi connectivity index (χ3n) is 5.85. The summed E-state index contributed by atoms with van der Waals surface area (Å²) in [6, 6.07) is 9.16. The average Bonchev–Trinajstić information content (AvgIpc) is 3.06. The van der Waals surface area contributed by atoms with Gasteiger partial charge in [0.2, 0.25) is 0 Å². The van der Waals surface area contributed by atoms with E-state index in [1.165, 1.54) is 6.20 Å². The Bertz CT molecular complexity index is 1250. The Morgan fingerprint density at radius 3 is 2.61 bits per heavy atom. The number of aromatic amines is 1. The van der Waals surface area contributed by atoms with Gasteiger partial charge in [-0.25, -0.2) is 9.18 Å². The Labute approximate surface area is 224 Å². The number of halogens is 1. The zero-order valence-corrected chi connectivity index (χ0v) is 23.2. The number of ether oxygens (including phenoxy) is 3. The number of hydrogen-bond acceptors (Lipinski definition) is 9. The van der Waals surface area contributed by atoms with E-state index in [4.69, 9.17) is 30.5 Å². The first-order chi connectivity index (χ1) is 17.8. The van der Waals surface area contributed by atoms with Gasteiger partial charge < -0.3 is 23.8 Å². The zero-order chi connectivity index (χ0) is 28.1. The number of carbonyl (C=O) groups excluding carboxylic acids is 1. The molecule has 14 heteroatoms. The normalized spacial score (nSPS) is 25.6. The number of aliphatic hydroxyl groups is 1. The minimum Gasteiger partial charge on any atom is -0.485 e. The summed E-state index contributed by atoms with van der Waals surface area (Å²) in [4.78, 5) is 37.9. The van der Waals surface area contributed by atoms with Gasteiger partial charge in [-0.05, 0) is 51.6 Å². The third-order valence-corrected chi connectivity index (χ3v) is 8.61. The maximum Gasteiger partial charge on any atom is 0.328 e. The van der Waals surface area contributed by atoms with E-state index >= 15 is 4.39 Å². The van der Waals surface area contributed by atoms with Crippen LogP contribution in [0.25, 0.3) is 0 Å². The van der Waals surface area contributed by atoms with Crippen molar-refractivity contribution in [3.8, 4) is 5.75 Å². The molecule has 210 valence electrons. The van der Waals surface area contributed by atoms with Gasteiger partial charge in [0.05, 0.1) is 19.3 Å². The molecular weight excluding hydrogens is 540 g/mol.